The number of likely N-dealkylation sites (N-methyl/N-ethyl adjacent to an activating group) is 1. The fraction of sp³-hybridized carbons (Fsp3) is 0.857. The quantitative estimate of drug-likeness (QED) is 0.597. The van der Waals surface area contributed by atoms with Gasteiger partial charge >= 0.3 is 5.97 Å². The second-order valence-corrected chi connectivity index (χ2v) is 2.76. The van der Waals surface area contributed by atoms with Crippen LogP contribution in [0.3, 0.4) is 0 Å². The van der Waals surface area contributed by atoms with E-state index in [0.717, 1.165) is 13.1 Å². The Balaban J connectivity index is 2.29. The molecule has 0 aromatic rings. The predicted octanol–water partition coefficient (Wildman–Crippen LogP) is -0.570. The molecule has 13 heavy (non-hydrogen) atoms. The van der Waals surface area contributed by atoms with Crippen LogP contribution in [0.2, 0.25) is 0 Å². The van der Waals surface area contributed by atoms with Gasteiger partial charge < -0.3 is 10.1 Å². The topological polar surface area (TPSA) is 66.3 Å². The largest absolute Gasteiger partial charge is 0.467 e. The monoisotopic (exact) mass is 186 g/mol. The zero-order valence-electron chi connectivity index (χ0n) is 7.86. The summed E-state index contributed by atoms with van der Waals surface area (Å²) < 4.78 is 4.55. The molecular weight excluding hydrogens is 172 g/mol. The van der Waals surface area contributed by atoms with Crippen LogP contribution in [0.5, 0.6) is 0 Å². The number of ether oxygens (including phenoxy) is 1. The summed E-state index contributed by atoms with van der Waals surface area (Å²) in [6.07, 6.45) is 0. The SMILES string of the molecule is CNCCN1CC(C(=O)OC)N=N1. The van der Waals surface area contributed by atoms with E-state index in [9.17, 15) is 4.79 Å². The van der Waals surface area contributed by atoms with Crippen molar-refractivity contribution in [3.05, 3.63) is 0 Å². The van der Waals surface area contributed by atoms with Crippen LogP contribution in [0.15, 0.2) is 10.3 Å². The number of rotatable bonds is 4. The molecule has 0 bridgehead atoms. The minimum Gasteiger partial charge on any atom is -0.467 e. The number of nitrogens with one attached hydrogen (secondary N) is 1. The molecule has 0 fully saturated rings. The van der Waals surface area contributed by atoms with E-state index in [-0.39, 0.29) is 5.97 Å². The number of nitrogens with zero attached hydrogens (tertiary/aromatic N) is 3. The van der Waals surface area contributed by atoms with Gasteiger partial charge in [-0.2, -0.15) is 5.11 Å². The van der Waals surface area contributed by atoms with E-state index in [1.165, 1.54) is 7.11 Å². The number of carbonyl (C=O) groups is 1. The summed E-state index contributed by atoms with van der Waals surface area (Å²) in [6.45, 7) is 2.11. The van der Waals surface area contributed by atoms with Crippen molar-refractivity contribution in [2.75, 3.05) is 33.8 Å². The Morgan fingerprint density at radius 2 is 2.54 bits per heavy atom. The molecule has 1 heterocycles. The normalized spacial score (nSPS) is 20.8. The fourth-order valence-corrected chi connectivity index (χ4v) is 1.04. The Hall–Kier alpha value is -1.17. The summed E-state index contributed by atoms with van der Waals surface area (Å²) in [7, 11) is 3.22. The first-order valence-electron chi connectivity index (χ1n) is 4.16. The number of carbonyl (C=O) groups excluding carboxylic acids is 1. The van der Waals surface area contributed by atoms with Crippen molar-refractivity contribution < 1.29 is 9.53 Å². The highest BCUT2D eigenvalue weighted by Gasteiger charge is 2.26. The first kappa shape index (κ1) is 9.91. The maximum atomic E-state index is 11.0. The van der Waals surface area contributed by atoms with Gasteiger partial charge in [-0.05, 0) is 7.05 Å². The number of esters is 1. The van der Waals surface area contributed by atoms with Gasteiger partial charge in [0.2, 0.25) is 0 Å². The molecule has 1 rings (SSSR count). The van der Waals surface area contributed by atoms with E-state index in [1.54, 1.807) is 5.01 Å². The van der Waals surface area contributed by atoms with Gasteiger partial charge in [0, 0.05) is 6.54 Å². The number of methoxy groups -OCH3 is 1. The zero-order valence-corrected chi connectivity index (χ0v) is 7.86. The Kier molecular flexibility index (Phi) is 3.63. The van der Waals surface area contributed by atoms with Crippen LogP contribution >= 0.6 is 0 Å². The van der Waals surface area contributed by atoms with E-state index in [2.05, 4.69) is 20.4 Å². The van der Waals surface area contributed by atoms with Crippen LogP contribution in [0, 0.1) is 0 Å². The highest BCUT2D eigenvalue weighted by molar-refractivity contribution is 5.76. The van der Waals surface area contributed by atoms with Crippen molar-refractivity contribution in [1.82, 2.24) is 10.3 Å². The van der Waals surface area contributed by atoms with Crippen LogP contribution < -0.4 is 5.32 Å². The predicted molar refractivity (Wildman–Crippen MR) is 46.2 cm³/mol. The molecule has 0 amide bonds. The lowest BCUT2D eigenvalue weighted by Gasteiger charge is -2.11. The lowest BCUT2D eigenvalue weighted by Crippen LogP contribution is -2.31. The van der Waals surface area contributed by atoms with E-state index in [4.69, 9.17) is 0 Å². The maximum Gasteiger partial charge on any atom is 0.334 e. The Morgan fingerprint density at radius 3 is 3.15 bits per heavy atom. The van der Waals surface area contributed by atoms with Crippen molar-refractivity contribution in [3.63, 3.8) is 0 Å². The van der Waals surface area contributed by atoms with Gasteiger partial charge in [-0.1, -0.05) is 5.22 Å². The molecule has 1 aliphatic heterocycles. The van der Waals surface area contributed by atoms with Crippen molar-refractivity contribution in [1.29, 1.82) is 0 Å². The fourth-order valence-electron chi connectivity index (χ4n) is 1.04. The van der Waals surface area contributed by atoms with Crippen LogP contribution in [-0.4, -0.2) is 50.8 Å². The molecule has 6 nitrogen and oxygen atoms in total. The molecule has 0 spiro atoms. The van der Waals surface area contributed by atoms with Crippen molar-refractivity contribution in [3.8, 4) is 0 Å². The van der Waals surface area contributed by atoms with Gasteiger partial charge in [0.15, 0.2) is 6.04 Å². The van der Waals surface area contributed by atoms with E-state index < -0.39 is 6.04 Å². The zero-order chi connectivity index (χ0) is 9.68. The smallest absolute Gasteiger partial charge is 0.334 e. The third kappa shape index (κ3) is 2.66. The standard InChI is InChI=1S/C7H14N4O2/c1-8-3-4-11-5-6(9-10-11)7(12)13-2/h6,8H,3-5H2,1-2H3. The van der Waals surface area contributed by atoms with Gasteiger partial charge in [0.05, 0.1) is 20.2 Å². The average Bonchev–Trinajstić information content (AvgIpc) is 2.62. The second kappa shape index (κ2) is 4.76. The Bertz CT molecular complexity index is 207. The molecule has 1 atom stereocenters. The Morgan fingerprint density at radius 1 is 1.77 bits per heavy atom. The van der Waals surface area contributed by atoms with Crippen LogP contribution in [0.1, 0.15) is 0 Å². The molecule has 1 aliphatic rings. The molecule has 6 heteroatoms. The summed E-state index contributed by atoms with van der Waals surface area (Å²) >= 11 is 0. The Labute approximate surface area is 76.9 Å². The first-order chi connectivity index (χ1) is 6.27. The summed E-state index contributed by atoms with van der Waals surface area (Å²) in [6, 6.07) is -0.443. The van der Waals surface area contributed by atoms with Gasteiger partial charge in [-0.3, -0.25) is 5.01 Å². The van der Waals surface area contributed by atoms with Gasteiger partial charge in [-0.15, -0.1) is 0 Å². The number of hydrogen-bond donors (Lipinski definition) is 1. The maximum absolute atomic E-state index is 11.0. The molecule has 0 aliphatic carbocycles. The molecule has 1 N–H and O–H groups in total. The van der Waals surface area contributed by atoms with Crippen LogP contribution in [0.4, 0.5) is 0 Å². The summed E-state index contributed by atoms with van der Waals surface area (Å²) in [5.74, 6) is -0.323. The summed E-state index contributed by atoms with van der Waals surface area (Å²) in [5, 5.41) is 12.4. The highest BCUT2D eigenvalue weighted by atomic mass is 16.5. The van der Waals surface area contributed by atoms with E-state index >= 15 is 0 Å². The molecular formula is C7H14N4O2. The van der Waals surface area contributed by atoms with Crippen LogP contribution in [-0.2, 0) is 9.53 Å². The minimum absolute atomic E-state index is 0.323. The van der Waals surface area contributed by atoms with Gasteiger partial charge in [-0.25, -0.2) is 4.79 Å². The number of hydrogen-bond acceptors (Lipinski definition) is 6. The molecule has 0 radical (unpaired) electrons. The van der Waals surface area contributed by atoms with Gasteiger partial charge in [0.25, 0.3) is 0 Å². The molecule has 74 valence electrons. The van der Waals surface area contributed by atoms with Crippen molar-refractivity contribution in [2.45, 2.75) is 6.04 Å². The third-order valence-corrected chi connectivity index (χ3v) is 1.79. The first-order valence-corrected chi connectivity index (χ1v) is 4.16. The molecule has 0 aromatic heterocycles. The average molecular weight is 186 g/mol. The van der Waals surface area contributed by atoms with Crippen LogP contribution in [0.25, 0.3) is 0 Å². The molecule has 0 saturated heterocycles. The molecule has 0 aromatic carbocycles. The molecule has 0 saturated carbocycles. The van der Waals surface area contributed by atoms with Crippen molar-refractivity contribution >= 4 is 5.97 Å². The van der Waals surface area contributed by atoms with Crippen molar-refractivity contribution in [2.24, 2.45) is 10.3 Å². The third-order valence-electron chi connectivity index (χ3n) is 1.79. The lowest BCUT2D eigenvalue weighted by molar-refractivity contribution is -0.141. The summed E-state index contributed by atoms with van der Waals surface area (Å²) in [4.78, 5) is 11.0. The van der Waals surface area contributed by atoms with E-state index in [0.29, 0.717) is 6.54 Å². The van der Waals surface area contributed by atoms with Gasteiger partial charge in [0.1, 0.15) is 0 Å². The summed E-state index contributed by atoms with van der Waals surface area (Å²) in [5.41, 5.74) is 0. The molecule has 1 unspecified atom stereocenters. The minimum atomic E-state index is -0.443. The second-order valence-electron chi connectivity index (χ2n) is 2.76. The van der Waals surface area contributed by atoms with E-state index in [1.807, 2.05) is 7.05 Å². The highest BCUT2D eigenvalue weighted by Crippen LogP contribution is 2.08. The lowest BCUT2D eigenvalue weighted by atomic mass is 10.3.